The molecule has 0 saturated carbocycles. The zero-order valence-electron chi connectivity index (χ0n) is 28.4. The maximum atomic E-state index is 13.2. The third-order valence-electron chi connectivity index (χ3n) is 8.43. The van der Waals surface area contributed by atoms with Gasteiger partial charge in [0.1, 0.15) is 24.3 Å². The largest absolute Gasteiger partial charge is 0.460 e. The molecule has 0 unspecified atom stereocenters. The molecule has 12 heteroatoms. The van der Waals surface area contributed by atoms with Crippen LogP contribution in [0.4, 0.5) is 0 Å². The Hall–Kier alpha value is -4.03. The minimum Gasteiger partial charge on any atom is -0.460 e. The molecule has 3 rings (SSSR count). The molecular formula is C34H48N4O8. The molecule has 2 heterocycles. The van der Waals surface area contributed by atoms with Crippen molar-refractivity contribution in [3.63, 3.8) is 0 Å². The normalized spacial score (nSPS) is 19.9. The Kier molecular flexibility index (Phi) is 10.9. The van der Waals surface area contributed by atoms with E-state index >= 15 is 0 Å². The van der Waals surface area contributed by atoms with Gasteiger partial charge in [-0.1, -0.05) is 25.3 Å². The highest BCUT2D eigenvalue weighted by Gasteiger charge is 2.53. The van der Waals surface area contributed by atoms with Gasteiger partial charge in [0.2, 0.25) is 23.6 Å². The summed E-state index contributed by atoms with van der Waals surface area (Å²) in [5.41, 5.74) is -2.25. The van der Waals surface area contributed by atoms with E-state index < -0.39 is 28.1 Å². The summed E-state index contributed by atoms with van der Waals surface area (Å²) in [7, 11) is 0. The monoisotopic (exact) mass is 640 g/mol. The Morgan fingerprint density at radius 3 is 1.59 bits per heavy atom. The number of nitrogens with zero attached hydrogens (tertiary/aromatic N) is 4. The Morgan fingerprint density at radius 2 is 1.15 bits per heavy atom. The molecule has 2 aliphatic heterocycles. The van der Waals surface area contributed by atoms with Gasteiger partial charge in [-0.05, 0) is 85.2 Å². The summed E-state index contributed by atoms with van der Waals surface area (Å²) in [5, 5.41) is 0. The standard InChI is InChI=1S/C34H48N4O8/c1-11-26(39)37-31(3,4)22-35(29(42)33(37,7)8)17-19-44-28(41)25-15-13-24(14-16-25)21-46-45-20-18-36-23-32(5,6)38(27(40)12-2)34(9,10)30(36)43/h11-16H,1-2,17-23H2,3-10H3. The van der Waals surface area contributed by atoms with E-state index in [0.29, 0.717) is 18.7 Å². The number of hydrogen-bond acceptors (Lipinski definition) is 8. The van der Waals surface area contributed by atoms with Crippen LogP contribution < -0.4 is 0 Å². The van der Waals surface area contributed by atoms with Crippen molar-refractivity contribution in [1.29, 1.82) is 0 Å². The first kappa shape index (κ1) is 36.4. The molecule has 2 aliphatic rings. The molecule has 46 heavy (non-hydrogen) atoms. The fourth-order valence-electron chi connectivity index (χ4n) is 6.77. The van der Waals surface area contributed by atoms with Gasteiger partial charge in [0.25, 0.3) is 0 Å². The van der Waals surface area contributed by atoms with Gasteiger partial charge < -0.3 is 24.3 Å². The Labute approximate surface area is 271 Å². The molecule has 12 nitrogen and oxygen atoms in total. The molecule has 1 aromatic carbocycles. The van der Waals surface area contributed by atoms with Crippen molar-refractivity contribution < 1.29 is 38.5 Å². The molecule has 0 radical (unpaired) electrons. The van der Waals surface area contributed by atoms with Crippen molar-refractivity contribution in [2.75, 3.05) is 39.4 Å². The molecular weight excluding hydrogens is 592 g/mol. The lowest BCUT2D eigenvalue weighted by atomic mass is 9.86. The topological polar surface area (TPSA) is 126 Å². The second-order valence-electron chi connectivity index (χ2n) is 13.9. The van der Waals surface area contributed by atoms with Crippen LogP contribution in [0.15, 0.2) is 49.6 Å². The van der Waals surface area contributed by atoms with Gasteiger partial charge in [-0.2, -0.15) is 0 Å². The van der Waals surface area contributed by atoms with E-state index in [9.17, 15) is 24.0 Å². The number of piperazine rings is 2. The van der Waals surface area contributed by atoms with Crippen LogP contribution in [0.2, 0.25) is 0 Å². The molecule has 2 fully saturated rings. The molecule has 0 atom stereocenters. The van der Waals surface area contributed by atoms with Crippen molar-refractivity contribution in [2.45, 2.75) is 84.2 Å². The quantitative estimate of drug-likeness (QED) is 0.112. The third-order valence-corrected chi connectivity index (χ3v) is 8.43. The number of esters is 1. The molecule has 4 amide bonds. The summed E-state index contributed by atoms with van der Waals surface area (Å²) >= 11 is 0. The molecule has 0 aromatic heterocycles. The minimum atomic E-state index is -1.08. The number of carbonyl (C=O) groups excluding carboxylic acids is 5. The summed E-state index contributed by atoms with van der Waals surface area (Å²) in [6, 6.07) is 6.67. The summed E-state index contributed by atoms with van der Waals surface area (Å²) in [4.78, 5) is 81.0. The van der Waals surface area contributed by atoms with E-state index in [1.54, 1.807) is 71.6 Å². The first-order chi connectivity index (χ1) is 21.3. The maximum absolute atomic E-state index is 13.2. The molecule has 1 aromatic rings. The molecule has 0 N–H and O–H groups in total. The number of benzene rings is 1. The number of carbonyl (C=O) groups is 5. The average Bonchev–Trinajstić information content (AvgIpc) is 2.97. The highest BCUT2D eigenvalue weighted by Crippen LogP contribution is 2.34. The zero-order valence-corrected chi connectivity index (χ0v) is 28.4. The first-order valence-corrected chi connectivity index (χ1v) is 15.3. The van der Waals surface area contributed by atoms with E-state index in [1.807, 2.05) is 27.7 Å². The van der Waals surface area contributed by atoms with Crippen molar-refractivity contribution in [3.05, 3.63) is 60.7 Å². The van der Waals surface area contributed by atoms with Crippen LogP contribution in [-0.4, -0.2) is 111 Å². The Bertz CT molecular complexity index is 1370. The smallest absolute Gasteiger partial charge is 0.338 e. The summed E-state index contributed by atoms with van der Waals surface area (Å²) in [6.45, 7) is 22.9. The first-order valence-electron chi connectivity index (χ1n) is 15.3. The third kappa shape index (κ3) is 7.50. The van der Waals surface area contributed by atoms with Crippen LogP contribution >= 0.6 is 0 Å². The fourth-order valence-corrected chi connectivity index (χ4v) is 6.77. The second-order valence-corrected chi connectivity index (χ2v) is 13.9. The Balaban J connectivity index is 1.44. The van der Waals surface area contributed by atoms with Crippen LogP contribution in [0.5, 0.6) is 0 Å². The Morgan fingerprint density at radius 1 is 0.717 bits per heavy atom. The van der Waals surface area contributed by atoms with Gasteiger partial charge in [0.05, 0.1) is 29.8 Å². The van der Waals surface area contributed by atoms with Crippen LogP contribution in [0.25, 0.3) is 0 Å². The number of hydrogen-bond donors (Lipinski definition) is 0. The summed E-state index contributed by atoms with van der Waals surface area (Å²) in [6.07, 6.45) is 2.44. The van der Waals surface area contributed by atoms with Gasteiger partial charge >= 0.3 is 5.97 Å². The van der Waals surface area contributed by atoms with E-state index in [1.165, 1.54) is 12.2 Å². The van der Waals surface area contributed by atoms with Crippen molar-refractivity contribution >= 4 is 29.6 Å². The summed E-state index contributed by atoms with van der Waals surface area (Å²) in [5.74, 6) is -1.55. The van der Waals surface area contributed by atoms with Gasteiger partial charge in [-0.15, -0.1) is 0 Å². The van der Waals surface area contributed by atoms with E-state index in [0.717, 1.165) is 5.56 Å². The van der Waals surface area contributed by atoms with E-state index in [4.69, 9.17) is 14.5 Å². The van der Waals surface area contributed by atoms with Gasteiger partial charge in [-0.25, -0.2) is 14.6 Å². The highest BCUT2D eigenvalue weighted by molar-refractivity contribution is 5.97. The SMILES string of the molecule is C=CC(=O)N1C(C)(C)CN(CCOOCc2ccc(C(=O)OCCN3CC(C)(C)N(C(=O)C=C)C(C)(C)C3=O)cc2)C(=O)C1(C)C. The van der Waals surface area contributed by atoms with Gasteiger partial charge in [-0.3, -0.25) is 19.2 Å². The molecule has 252 valence electrons. The van der Waals surface area contributed by atoms with Crippen LogP contribution in [0, 0.1) is 0 Å². The predicted octanol–water partition coefficient (Wildman–Crippen LogP) is 3.12. The minimum absolute atomic E-state index is 0.00131. The number of amides is 4. The van der Waals surface area contributed by atoms with Crippen molar-refractivity contribution in [1.82, 2.24) is 19.6 Å². The predicted molar refractivity (Wildman–Crippen MR) is 171 cm³/mol. The highest BCUT2D eigenvalue weighted by atomic mass is 17.2. The lowest BCUT2D eigenvalue weighted by Crippen LogP contribution is -2.72. The fraction of sp³-hybridized carbons (Fsp3) is 0.559. The van der Waals surface area contributed by atoms with Crippen LogP contribution in [0.3, 0.4) is 0 Å². The maximum Gasteiger partial charge on any atom is 0.338 e. The summed E-state index contributed by atoms with van der Waals surface area (Å²) < 4.78 is 5.44. The van der Waals surface area contributed by atoms with E-state index in [-0.39, 0.29) is 56.5 Å². The molecule has 2 saturated heterocycles. The van der Waals surface area contributed by atoms with Crippen molar-refractivity contribution in [2.24, 2.45) is 0 Å². The molecule has 0 aliphatic carbocycles. The van der Waals surface area contributed by atoms with Crippen LogP contribution in [-0.2, 0) is 40.3 Å². The van der Waals surface area contributed by atoms with E-state index in [2.05, 4.69) is 13.2 Å². The molecule has 0 bridgehead atoms. The number of ether oxygens (including phenoxy) is 1. The van der Waals surface area contributed by atoms with Crippen molar-refractivity contribution in [3.8, 4) is 0 Å². The zero-order chi connectivity index (χ0) is 34.7. The van der Waals surface area contributed by atoms with Gasteiger partial charge in [0, 0.05) is 19.6 Å². The molecule has 0 spiro atoms. The van der Waals surface area contributed by atoms with Gasteiger partial charge in [0.15, 0.2) is 0 Å². The average molecular weight is 641 g/mol. The lowest BCUT2D eigenvalue weighted by Gasteiger charge is -2.54. The number of rotatable bonds is 12. The second kappa shape index (κ2) is 13.8. The van der Waals surface area contributed by atoms with Crippen LogP contribution in [0.1, 0.15) is 71.3 Å². The lowest BCUT2D eigenvalue weighted by molar-refractivity contribution is -0.305.